The number of rotatable bonds is 5. The first-order valence-corrected chi connectivity index (χ1v) is 7.39. The number of aliphatic carboxylic acids is 1. The minimum absolute atomic E-state index is 0.370. The van der Waals surface area contributed by atoms with E-state index < -0.39 is 23.0 Å². The van der Waals surface area contributed by atoms with Gasteiger partial charge in [-0.1, -0.05) is 28.1 Å². The average molecular weight is 357 g/mol. The number of nitrogens with one attached hydrogen (secondary N) is 2. The molecule has 0 saturated carbocycles. The van der Waals surface area contributed by atoms with Crippen molar-refractivity contribution in [1.29, 1.82) is 0 Å². The number of amides is 2. The zero-order valence-electron chi connectivity index (χ0n) is 12.7. The molecule has 0 aromatic heterocycles. The average Bonchev–Trinajstić information content (AvgIpc) is 2.35. The summed E-state index contributed by atoms with van der Waals surface area (Å²) in [5.41, 5.74) is -1.02. The number of urea groups is 1. The molecular formula is C15H21BrN2O3. The number of carboxylic acids is 1. The molecule has 0 heterocycles. The molecule has 21 heavy (non-hydrogen) atoms. The van der Waals surface area contributed by atoms with Gasteiger partial charge in [0.2, 0.25) is 0 Å². The summed E-state index contributed by atoms with van der Waals surface area (Å²) in [6.07, 6.45) is 0. The van der Waals surface area contributed by atoms with E-state index in [4.69, 9.17) is 0 Å². The second kappa shape index (κ2) is 6.47. The molecule has 0 aliphatic carbocycles. The monoisotopic (exact) mass is 356 g/mol. The standard InChI is InChI=1S/C15H21BrN2O3/c1-14(2,12(19)20)15(3,4)18-13(21)17-9-10-6-5-7-11(16)8-10/h5-8H,9H2,1-4H3,(H,19,20)(H2,17,18,21). The largest absolute Gasteiger partial charge is 0.481 e. The highest BCUT2D eigenvalue weighted by Crippen LogP contribution is 2.30. The number of halogens is 1. The smallest absolute Gasteiger partial charge is 0.315 e. The molecule has 6 heteroatoms. The van der Waals surface area contributed by atoms with E-state index in [2.05, 4.69) is 26.6 Å². The van der Waals surface area contributed by atoms with Crippen LogP contribution >= 0.6 is 15.9 Å². The minimum Gasteiger partial charge on any atom is -0.481 e. The molecular weight excluding hydrogens is 336 g/mol. The van der Waals surface area contributed by atoms with Gasteiger partial charge in [-0.05, 0) is 45.4 Å². The van der Waals surface area contributed by atoms with E-state index >= 15 is 0 Å². The van der Waals surface area contributed by atoms with Crippen LogP contribution in [0.5, 0.6) is 0 Å². The molecule has 0 unspecified atom stereocenters. The van der Waals surface area contributed by atoms with Gasteiger partial charge in [0.1, 0.15) is 0 Å². The van der Waals surface area contributed by atoms with Crippen molar-refractivity contribution in [3.8, 4) is 0 Å². The molecule has 0 saturated heterocycles. The van der Waals surface area contributed by atoms with E-state index in [1.54, 1.807) is 27.7 Å². The van der Waals surface area contributed by atoms with Gasteiger partial charge in [0.15, 0.2) is 0 Å². The fourth-order valence-corrected chi connectivity index (χ4v) is 2.03. The van der Waals surface area contributed by atoms with Gasteiger partial charge in [-0.3, -0.25) is 4.79 Å². The number of hydrogen-bond acceptors (Lipinski definition) is 2. The summed E-state index contributed by atoms with van der Waals surface area (Å²) in [5, 5.41) is 14.7. The summed E-state index contributed by atoms with van der Waals surface area (Å²) in [5.74, 6) is -0.959. The number of carbonyl (C=O) groups is 2. The second-order valence-electron chi connectivity index (χ2n) is 5.99. The van der Waals surface area contributed by atoms with Crippen LogP contribution in [0, 0.1) is 5.41 Å². The highest BCUT2D eigenvalue weighted by atomic mass is 79.9. The highest BCUT2D eigenvalue weighted by Gasteiger charge is 2.44. The first kappa shape index (κ1) is 17.5. The molecule has 0 aliphatic rings. The SMILES string of the molecule is CC(C)(NC(=O)NCc1cccc(Br)c1)C(C)(C)C(=O)O. The van der Waals surface area contributed by atoms with Crippen LogP contribution in [0.25, 0.3) is 0 Å². The van der Waals surface area contributed by atoms with Crippen LogP contribution in [0.1, 0.15) is 33.3 Å². The Hall–Kier alpha value is -1.56. The van der Waals surface area contributed by atoms with Gasteiger partial charge < -0.3 is 15.7 Å². The summed E-state index contributed by atoms with van der Waals surface area (Å²) < 4.78 is 0.939. The van der Waals surface area contributed by atoms with Crippen molar-refractivity contribution in [2.45, 2.75) is 39.8 Å². The van der Waals surface area contributed by atoms with Crippen molar-refractivity contribution in [3.05, 3.63) is 34.3 Å². The third-order valence-corrected chi connectivity index (χ3v) is 4.36. The quantitative estimate of drug-likeness (QED) is 0.758. The number of carbonyl (C=O) groups excluding carboxylic acids is 1. The molecule has 0 fully saturated rings. The Morgan fingerprint density at radius 1 is 1.24 bits per heavy atom. The van der Waals surface area contributed by atoms with Gasteiger partial charge in [0.25, 0.3) is 0 Å². The molecule has 2 amide bonds. The lowest BCUT2D eigenvalue weighted by Gasteiger charge is -2.38. The van der Waals surface area contributed by atoms with Gasteiger partial charge in [0, 0.05) is 11.0 Å². The molecule has 1 rings (SSSR count). The molecule has 0 aliphatic heterocycles. The molecule has 0 bridgehead atoms. The first-order valence-electron chi connectivity index (χ1n) is 6.60. The van der Waals surface area contributed by atoms with Crippen molar-refractivity contribution in [3.63, 3.8) is 0 Å². The third kappa shape index (κ3) is 4.46. The Bertz CT molecular complexity index is 541. The Morgan fingerprint density at radius 3 is 2.38 bits per heavy atom. The zero-order chi connectivity index (χ0) is 16.3. The van der Waals surface area contributed by atoms with E-state index in [0.717, 1.165) is 10.0 Å². The van der Waals surface area contributed by atoms with Gasteiger partial charge >= 0.3 is 12.0 Å². The fraction of sp³-hybridized carbons (Fsp3) is 0.467. The minimum atomic E-state index is -1.08. The predicted molar refractivity (Wildman–Crippen MR) is 85.0 cm³/mol. The van der Waals surface area contributed by atoms with Crippen molar-refractivity contribution in [2.24, 2.45) is 5.41 Å². The summed E-state index contributed by atoms with van der Waals surface area (Å²) >= 11 is 3.37. The maximum Gasteiger partial charge on any atom is 0.315 e. The summed E-state index contributed by atoms with van der Waals surface area (Å²) in [4.78, 5) is 23.2. The normalized spacial score (nSPS) is 11.9. The van der Waals surface area contributed by atoms with E-state index in [0.29, 0.717) is 6.54 Å². The number of hydrogen-bond donors (Lipinski definition) is 3. The Balaban J connectivity index is 2.63. The van der Waals surface area contributed by atoms with Crippen molar-refractivity contribution >= 4 is 27.9 Å². The van der Waals surface area contributed by atoms with Crippen LogP contribution in [0.4, 0.5) is 4.79 Å². The van der Waals surface area contributed by atoms with Crippen molar-refractivity contribution < 1.29 is 14.7 Å². The maximum absolute atomic E-state index is 12.0. The van der Waals surface area contributed by atoms with Crippen LogP contribution in [-0.4, -0.2) is 22.6 Å². The number of benzene rings is 1. The number of carboxylic acid groups (broad SMARTS) is 1. The fourth-order valence-electron chi connectivity index (χ4n) is 1.58. The molecule has 0 atom stereocenters. The Kier molecular flexibility index (Phi) is 5.39. The van der Waals surface area contributed by atoms with Crippen molar-refractivity contribution in [2.75, 3.05) is 0 Å². The van der Waals surface area contributed by atoms with E-state index in [1.165, 1.54) is 0 Å². The van der Waals surface area contributed by atoms with Crippen LogP contribution < -0.4 is 10.6 Å². The first-order chi connectivity index (χ1) is 9.56. The van der Waals surface area contributed by atoms with Gasteiger partial charge in [-0.25, -0.2) is 4.79 Å². The van der Waals surface area contributed by atoms with E-state index in [-0.39, 0.29) is 0 Å². The lowest BCUT2D eigenvalue weighted by Crippen LogP contribution is -2.58. The maximum atomic E-state index is 12.0. The zero-order valence-corrected chi connectivity index (χ0v) is 14.2. The topological polar surface area (TPSA) is 78.4 Å². The Morgan fingerprint density at radius 2 is 1.86 bits per heavy atom. The summed E-state index contributed by atoms with van der Waals surface area (Å²) in [6, 6.07) is 7.21. The molecule has 5 nitrogen and oxygen atoms in total. The molecule has 116 valence electrons. The Labute approximate surface area is 133 Å². The molecule has 0 spiro atoms. The highest BCUT2D eigenvalue weighted by molar-refractivity contribution is 9.10. The molecule has 0 radical (unpaired) electrons. The van der Waals surface area contributed by atoms with Crippen LogP contribution in [-0.2, 0) is 11.3 Å². The van der Waals surface area contributed by atoms with Gasteiger partial charge in [0.05, 0.1) is 11.0 Å². The van der Waals surface area contributed by atoms with Crippen LogP contribution in [0.15, 0.2) is 28.7 Å². The summed E-state index contributed by atoms with van der Waals surface area (Å²) in [7, 11) is 0. The molecule has 1 aromatic rings. The van der Waals surface area contributed by atoms with E-state index in [1.807, 2.05) is 24.3 Å². The summed E-state index contributed by atoms with van der Waals surface area (Å²) in [6.45, 7) is 6.93. The van der Waals surface area contributed by atoms with Gasteiger partial charge in [-0.2, -0.15) is 0 Å². The third-order valence-electron chi connectivity index (χ3n) is 3.87. The lowest BCUT2D eigenvalue weighted by molar-refractivity contribution is -0.150. The lowest BCUT2D eigenvalue weighted by atomic mass is 9.74. The van der Waals surface area contributed by atoms with Crippen LogP contribution in [0.3, 0.4) is 0 Å². The molecule has 1 aromatic carbocycles. The second-order valence-corrected chi connectivity index (χ2v) is 6.91. The van der Waals surface area contributed by atoms with Gasteiger partial charge in [-0.15, -0.1) is 0 Å². The van der Waals surface area contributed by atoms with Crippen LogP contribution in [0.2, 0.25) is 0 Å². The molecule has 3 N–H and O–H groups in total. The predicted octanol–water partition coefficient (Wildman–Crippen LogP) is 3.14. The van der Waals surface area contributed by atoms with Crippen molar-refractivity contribution in [1.82, 2.24) is 10.6 Å². The van der Waals surface area contributed by atoms with E-state index in [9.17, 15) is 14.7 Å².